The second-order valence-corrected chi connectivity index (χ2v) is 5.69. The van der Waals surface area contributed by atoms with Gasteiger partial charge in [0.05, 0.1) is 5.02 Å². The van der Waals surface area contributed by atoms with Crippen LogP contribution in [-0.4, -0.2) is 0 Å². The average molecular weight is 284 g/mol. The summed E-state index contributed by atoms with van der Waals surface area (Å²) in [6.45, 7) is 4.17. The van der Waals surface area contributed by atoms with Crippen molar-refractivity contribution < 1.29 is 4.39 Å². The summed E-state index contributed by atoms with van der Waals surface area (Å²) in [4.78, 5) is 1.29. The van der Waals surface area contributed by atoms with Crippen molar-refractivity contribution in [3.05, 3.63) is 57.0 Å². The van der Waals surface area contributed by atoms with E-state index in [4.69, 9.17) is 11.6 Å². The van der Waals surface area contributed by atoms with E-state index in [0.29, 0.717) is 0 Å². The highest BCUT2D eigenvalue weighted by molar-refractivity contribution is 7.10. The fourth-order valence-corrected chi connectivity index (χ4v) is 2.81. The van der Waals surface area contributed by atoms with Gasteiger partial charge in [0.1, 0.15) is 5.82 Å². The maximum atomic E-state index is 13.1. The van der Waals surface area contributed by atoms with Gasteiger partial charge in [-0.15, -0.1) is 11.3 Å². The van der Waals surface area contributed by atoms with E-state index in [-0.39, 0.29) is 22.9 Å². The molecule has 0 saturated heterocycles. The fourth-order valence-electron chi connectivity index (χ4n) is 1.87. The number of hydrogen-bond donors (Lipinski definition) is 1. The lowest BCUT2D eigenvalue weighted by atomic mass is 10.1. The molecule has 96 valence electrons. The van der Waals surface area contributed by atoms with Gasteiger partial charge < -0.3 is 5.32 Å². The Morgan fingerprint density at radius 3 is 2.61 bits per heavy atom. The van der Waals surface area contributed by atoms with Crippen molar-refractivity contribution in [2.24, 2.45) is 0 Å². The Labute approximate surface area is 116 Å². The van der Waals surface area contributed by atoms with Crippen LogP contribution in [0.2, 0.25) is 5.02 Å². The molecule has 1 nitrogen and oxygen atoms in total. The minimum absolute atomic E-state index is 0.125. The van der Waals surface area contributed by atoms with Gasteiger partial charge in [-0.05, 0) is 43.0 Å². The van der Waals surface area contributed by atoms with Gasteiger partial charge in [0.15, 0.2) is 0 Å². The minimum atomic E-state index is -0.376. The lowest BCUT2D eigenvalue weighted by Crippen LogP contribution is -2.21. The largest absolute Gasteiger partial charge is 0.303 e. The van der Waals surface area contributed by atoms with Crippen LogP contribution in [0.5, 0.6) is 0 Å². The maximum Gasteiger partial charge on any atom is 0.141 e. The molecule has 1 unspecified atom stereocenters. The maximum absolute atomic E-state index is 13.1. The SMILES string of the molecule is CC(N[C@H](C)c1cccs1)c1ccc(F)c(Cl)c1. The van der Waals surface area contributed by atoms with Crippen molar-refractivity contribution in [3.63, 3.8) is 0 Å². The first-order chi connectivity index (χ1) is 8.58. The molecule has 2 rings (SSSR count). The molecule has 18 heavy (non-hydrogen) atoms. The van der Waals surface area contributed by atoms with Gasteiger partial charge >= 0.3 is 0 Å². The summed E-state index contributed by atoms with van der Waals surface area (Å²) in [7, 11) is 0. The lowest BCUT2D eigenvalue weighted by Gasteiger charge is -2.19. The second-order valence-electron chi connectivity index (χ2n) is 4.30. The second kappa shape index (κ2) is 5.83. The third-order valence-corrected chi connectivity index (χ3v) is 4.26. The van der Waals surface area contributed by atoms with E-state index in [1.807, 2.05) is 13.0 Å². The molecule has 4 heteroatoms. The van der Waals surface area contributed by atoms with Gasteiger partial charge in [-0.25, -0.2) is 4.39 Å². The van der Waals surface area contributed by atoms with Crippen LogP contribution in [0.15, 0.2) is 35.7 Å². The first-order valence-electron chi connectivity index (χ1n) is 5.82. The van der Waals surface area contributed by atoms with Crippen LogP contribution in [-0.2, 0) is 0 Å². The molecule has 2 atom stereocenters. The van der Waals surface area contributed by atoms with Gasteiger partial charge in [0.25, 0.3) is 0 Å². The molecule has 0 aliphatic heterocycles. The molecule has 1 N–H and O–H groups in total. The molecule has 0 spiro atoms. The zero-order chi connectivity index (χ0) is 13.1. The van der Waals surface area contributed by atoms with Crippen molar-refractivity contribution in [1.29, 1.82) is 0 Å². The molecular formula is C14H15ClFNS. The van der Waals surface area contributed by atoms with Gasteiger partial charge in [-0.3, -0.25) is 0 Å². The molecule has 0 fully saturated rings. The van der Waals surface area contributed by atoms with Crippen LogP contribution >= 0.6 is 22.9 Å². The molecule has 1 heterocycles. The molecule has 0 aliphatic rings. The average Bonchev–Trinajstić information content (AvgIpc) is 2.86. The summed E-state index contributed by atoms with van der Waals surface area (Å²) in [5.41, 5.74) is 0.991. The zero-order valence-corrected chi connectivity index (χ0v) is 11.9. The van der Waals surface area contributed by atoms with E-state index in [1.54, 1.807) is 23.5 Å². The first-order valence-corrected chi connectivity index (χ1v) is 7.08. The molecule has 1 aromatic carbocycles. The van der Waals surface area contributed by atoms with E-state index in [1.165, 1.54) is 10.9 Å². The molecule has 0 amide bonds. The van der Waals surface area contributed by atoms with Gasteiger partial charge in [-0.1, -0.05) is 23.7 Å². The predicted octanol–water partition coefficient (Wildman–Crippen LogP) is 4.95. The predicted molar refractivity (Wildman–Crippen MR) is 75.7 cm³/mol. The van der Waals surface area contributed by atoms with E-state index in [9.17, 15) is 4.39 Å². The third-order valence-electron chi connectivity index (χ3n) is 2.91. The molecule has 0 aliphatic carbocycles. The molecule has 0 saturated carbocycles. The topological polar surface area (TPSA) is 12.0 Å². The van der Waals surface area contributed by atoms with Crippen LogP contribution < -0.4 is 5.32 Å². The molecule has 0 bridgehead atoms. The quantitative estimate of drug-likeness (QED) is 0.837. The van der Waals surface area contributed by atoms with Gasteiger partial charge in [0, 0.05) is 17.0 Å². The van der Waals surface area contributed by atoms with E-state index in [2.05, 4.69) is 23.7 Å². The number of hydrogen-bond acceptors (Lipinski definition) is 2. The van der Waals surface area contributed by atoms with Crippen LogP contribution in [0, 0.1) is 5.82 Å². The summed E-state index contributed by atoms with van der Waals surface area (Å²) in [6.07, 6.45) is 0. The standard InChI is InChI=1S/C14H15ClFNS/c1-9(11-5-6-13(16)12(15)8-11)17-10(2)14-4-3-7-18-14/h3-10,17H,1-2H3/t9?,10-/m1/s1. The Bertz CT molecular complexity index is 513. The number of nitrogens with one attached hydrogen (secondary N) is 1. The highest BCUT2D eigenvalue weighted by Crippen LogP contribution is 2.25. The molecule has 0 radical (unpaired) electrons. The summed E-state index contributed by atoms with van der Waals surface area (Å²) in [5.74, 6) is -0.376. The van der Waals surface area contributed by atoms with E-state index in [0.717, 1.165) is 5.56 Å². The number of thiophene rings is 1. The smallest absolute Gasteiger partial charge is 0.141 e. The van der Waals surface area contributed by atoms with E-state index < -0.39 is 0 Å². The van der Waals surface area contributed by atoms with Crippen LogP contribution in [0.25, 0.3) is 0 Å². The van der Waals surface area contributed by atoms with Gasteiger partial charge in [0.2, 0.25) is 0 Å². The normalized spacial score (nSPS) is 14.4. The monoisotopic (exact) mass is 283 g/mol. The zero-order valence-electron chi connectivity index (χ0n) is 10.3. The minimum Gasteiger partial charge on any atom is -0.303 e. The Balaban J connectivity index is 2.07. The highest BCUT2D eigenvalue weighted by Gasteiger charge is 2.13. The molecule has 1 aromatic heterocycles. The molecule has 2 aromatic rings. The first kappa shape index (κ1) is 13.5. The van der Waals surface area contributed by atoms with E-state index >= 15 is 0 Å². The number of halogens is 2. The van der Waals surface area contributed by atoms with Crippen LogP contribution in [0.3, 0.4) is 0 Å². The van der Waals surface area contributed by atoms with Crippen molar-refractivity contribution >= 4 is 22.9 Å². The van der Waals surface area contributed by atoms with Crippen LogP contribution in [0.1, 0.15) is 36.4 Å². The highest BCUT2D eigenvalue weighted by atomic mass is 35.5. The van der Waals surface area contributed by atoms with Crippen molar-refractivity contribution in [2.45, 2.75) is 25.9 Å². The lowest BCUT2D eigenvalue weighted by molar-refractivity contribution is 0.499. The Kier molecular flexibility index (Phi) is 4.38. The summed E-state index contributed by atoms with van der Waals surface area (Å²) in [5, 5.41) is 5.71. The summed E-state index contributed by atoms with van der Waals surface area (Å²) < 4.78 is 13.1. The van der Waals surface area contributed by atoms with Crippen molar-refractivity contribution in [1.82, 2.24) is 5.32 Å². The van der Waals surface area contributed by atoms with Crippen molar-refractivity contribution in [3.8, 4) is 0 Å². The van der Waals surface area contributed by atoms with Crippen molar-refractivity contribution in [2.75, 3.05) is 0 Å². The summed E-state index contributed by atoms with van der Waals surface area (Å²) in [6, 6.07) is 9.38. The Morgan fingerprint density at radius 1 is 1.22 bits per heavy atom. The Hall–Kier alpha value is -0.900. The Morgan fingerprint density at radius 2 is 2.00 bits per heavy atom. The fraction of sp³-hybridized carbons (Fsp3) is 0.286. The molecular weight excluding hydrogens is 269 g/mol. The number of rotatable bonds is 4. The van der Waals surface area contributed by atoms with Crippen LogP contribution in [0.4, 0.5) is 4.39 Å². The van der Waals surface area contributed by atoms with Gasteiger partial charge in [-0.2, -0.15) is 0 Å². The summed E-state index contributed by atoms with van der Waals surface area (Å²) >= 11 is 7.52. The number of benzene rings is 1. The third kappa shape index (κ3) is 3.10.